The van der Waals surface area contributed by atoms with Crippen LogP contribution in [0, 0.1) is 0 Å². The molecular formula is C16H23NO2S. The standard InChI is InChI=1S/C16H23NO2S/c1-3-17(4-2)8-9-19-15(12-18)13-5-6-16-14(11-13)7-10-20-16/h5-7,10-11,15,18H,3-4,8-9,12H2,1-2H3. The number of fused-ring (bicyclic) bond motifs is 1. The number of thiophene rings is 1. The second kappa shape index (κ2) is 7.74. The summed E-state index contributed by atoms with van der Waals surface area (Å²) in [4.78, 5) is 2.32. The number of rotatable bonds is 8. The molecule has 0 saturated carbocycles. The summed E-state index contributed by atoms with van der Waals surface area (Å²) in [5.41, 5.74) is 1.05. The molecular weight excluding hydrogens is 270 g/mol. The third-order valence-electron chi connectivity index (χ3n) is 3.64. The highest BCUT2D eigenvalue weighted by molar-refractivity contribution is 7.17. The summed E-state index contributed by atoms with van der Waals surface area (Å²) in [6.45, 7) is 7.94. The molecule has 1 aromatic carbocycles. The highest BCUT2D eigenvalue weighted by atomic mass is 32.1. The molecule has 0 radical (unpaired) electrons. The van der Waals surface area contributed by atoms with E-state index in [4.69, 9.17) is 4.74 Å². The fourth-order valence-corrected chi connectivity index (χ4v) is 3.07. The zero-order valence-electron chi connectivity index (χ0n) is 12.2. The van der Waals surface area contributed by atoms with Gasteiger partial charge < -0.3 is 14.7 Å². The molecule has 1 N–H and O–H groups in total. The van der Waals surface area contributed by atoms with Crippen LogP contribution in [0.1, 0.15) is 25.5 Å². The van der Waals surface area contributed by atoms with Crippen molar-refractivity contribution in [2.75, 3.05) is 32.8 Å². The molecule has 110 valence electrons. The normalized spacial score (nSPS) is 13.2. The van der Waals surface area contributed by atoms with Gasteiger partial charge in [-0.25, -0.2) is 0 Å². The topological polar surface area (TPSA) is 32.7 Å². The van der Waals surface area contributed by atoms with Crippen LogP contribution in [0.15, 0.2) is 29.6 Å². The van der Waals surface area contributed by atoms with Gasteiger partial charge in [-0.15, -0.1) is 11.3 Å². The second-order valence-corrected chi connectivity index (χ2v) is 5.73. The lowest BCUT2D eigenvalue weighted by molar-refractivity contribution is 0.00267. The molecule has 0 bridgehead atoms. The Kier molecular flexibility index (Phi) is 5.98. The van der Waals surface area contributed by atoms with Gasteiger partial charge in [-0.2, -0.15) is 0 Å². The van der Waals surface area contributed by atoms with Gasteiger partial charge in [-0.05, 0) is 47.6 Å². The number of benzene rings is 1. The monoisotopic (exact) mass is 293 g/mol. The molecule has 0 aliphatic rings. The van der Waals surface area contributed by atoms with Crippen LogP contribution in [0.3, 0.4) is 0 Å². The maximum Gasteiger partial charge on any atom is 0.106 e. The van der Waals surface area contributed by atoms with Crippen molar-refractivity contribution >= 4 is 21.4 Å². The van der Waals surface area contributed by atoms with Gasteiger partial charge in [0, 0.05) is 11.2 Å². The average Bonchev–Trinajstić information content (AvgIpc) is 2.95. The van der Waals surface area contributed by atoms with E-state index in [2.05, 4.69) is 48.4 Å². The van der Waals surface area contributed by atoms with E-state index >= 15 is 0 Å². The predicted octanol–water partition coefficient (Wildman–Crippen LogP) is 3.29. The Hall–Kier alpha value is -0.940. The van der Waals surface area contributed by atoms with Gasteiger partial charge in [-0.1, -0.05) is 19.9 Å². The lowest BCUT2D eigenvalue weighted by Gasteiger charge is -2.21. The van der Waals surface area contributed by atoms with E-state index in [1.165, 1.54) is 10.1 Å². The second-order valence-electron chi connectivity index (χ2n) is 4.79. The lowest BCUT2D eigenvalue weighted by atomic mass is 10.1. The highest BCUT2D eigenvalue weighted by Gasteiger charge is 2.12. The zero-order chi connectivity index (χ0) is 14.4. The first-order valence-electron chi connectivity index (χ1n) is 7.20. The van der Waals surface area contributed by atoms with Gasteiger partial charge in [-0.3, -0.25) is 0 Å². The Labute approximate surface area is 124 Å². The Morgan fingerprint density at radius 1 is 1.25 bits per heavy atom. The van der Waals surface area contributed by atoms with Gasteiger partial charge in [0.15, 0.2) is 0 Å². The number of aliphatic hydroxyl groups is 1. The molecule has 1 aromatic heterocycles. The molecule has 20 heavy (non-hydrogen) atoms. The molecule has 4 heteroatoms. The smallest absolute Gasteiger partial charge is 0.106 e. The van der Waals surface area contributed by atoms with Gasteiger partial charge >= 0.3 is 0 Å². The molecule has 1 heterocycles. The number of nitrogens with zero attached hydrogens (tertiary/aromatic N) is 1. The van der Waals surface area contributed by atoms with Crippen LogP contribution < -0.4 is 0 Å². The molecule has 0 saturated heterocycles. The van der Waals surface area contributed by atoms with E-state index in [0.717, 1.165) is 25.2 Å². The summed E-state index contributed by atoms with van der Waals surface area (Å²) in [5, 5.41) is 12.9. The first-order valence-corrected chi connectivity index (χ1v) is 8.08. The van der Waals surface area contributed by atoms with E-state index in [9.17, 15) is 5.11 Å². The van der Waals surface area contributed by atoms with Crippen molar-refractivity contribution < 1.29 is 9.84 Å². The maximum atomic E-state index is 9.55. The quantitative estimate of drug-likeness (QED) is 0.810. The van der Waals surface area contributed by atoms with Crippen LogP contribution in [-0.2, 0) is 4.74 Å². The van der Waals surface area contributed by atoms with Gasteiger partial charge in [0.25, 0.3) is 0 Å². The summed E-state index contributed by atoms with van der Waals surface area (Å²) < 4.78 is 7.12. The molecule has 2 rings (SSSR count). The largest absolute Gasteiger partial charge is 0.393 e. The Balaban J connectivity index is 1.96. The molecule has 0 amide bonds. The van der Waals surface area contributed by atoms with Gasteiger partial charge in [0.05, 0.1) is 13.2 Å². The van der Waals surface area contributed by atoms with E-state index in [-0.39, 0.29) is 12.7 Å². The van der Waals surface area contributed by atoms with E-state index in [1.54, 1.807) is 11.3 Å². The van der Waals surface area contributed by atoms with Crippen molar-refractivity contribution in [2.45, 2.75) is 20.0 Å². The third kappa shape index (κ3) is 3.79. The Morgan fingerprint density at radius 2 is 2.05 bits per heavy atom. The van der Waals surface area contributed by atoms with E-state index in [1.807, 2.05) is 0 Å². The SMILES string of the molecule is CCN(CC)CCOC(CO)c1ccc2sccc2c1. The number of hydrogen-bond donors (Lipinski definition) is 1. The molecule has 1 unspecified atom stereocenters. The molecule has 1 atom stereocenters. The fourth-order valence-electron chi connectivity index (χ4n) is 2.30. The van der Waals surface area contributed by atoms with Crippen LogP contribution in [0.25, 0.3) is 10.1 Å². The number of hydrogen-bond acceptors (Lipinski definition) is 4. The summed E-state index contributed by atoms with van der Waals surface area (Å²) in [6.07, 6.45) is -0.227. The number of likely N-dealkylation sites (N-methyl/N-ethyl adjacent to an activating group) is 1. The summed E-state index contributed by atoms with van der Waals surface area (Å²) >= 11 is 1.73. The van der Waals surface area contributed by atoms with Crippen LogP contribution in [0.4, 0.5) is 0 Å². The minimum atomic E-state index is -0.227. The third-order valence-corrected chi connectivity index (χ3v) is 4.53. The first kappa shape index (κ1) is 15.4. The van der Waals surface area contributed by atoms with Crippen LogP contribution in [0.5, 0.6) is 0 Å². The van der Waals surface area contributed by atoms with Crippen molar-refractivity contribution in [1.29, 1.82) is 0 Å². The van der Waals surface area contributed by atoms with Gasteiger partial charge in [0.2, 0.25) is 0 Å². The lowest BCUT2D eigenvalue weighted by Crippen LogP contribution is -2.28. The van der Waals surface area contributed by atoms with Gasteiger partial charge in [0.1, 0.15) is 6.10 Å². The van der Waals surface area contributed by atoms with Crippen molar-refractivity contribution in [3.63, 3.8) is 0 Å². The molecule has 0 aliphatic carbocycles. The summed E-state index contributed by atoms with van der Waals surface area (Å²) in [6, 6.07) is 8.38. The molecule has 0 spiro atoms. The van der Waals surface area contributed by atoms with Crippen molar-refractivity contribution in [3.8, 4) is 0 Å². The Morgan fingerprint density at radius 3 is 2.75 bits per heavy atom. The number of ether oxygens (including phenoxy) is 1. The Bertz CT molecular complexity index is 522. The minimum Gasteiger partial charge on any atom is -0.393 e. The first-order chi connectivity index (χ1) is 9.78. The molecule has 0 aliphatic heterocycles. The fraction of sp³-hybridized carbons (Fsp3) is 0.500. The maximum absolute atomic E-state index is 9.55. The summed E-state index contributed by atoms with van der Waals surface area (Å²) in [5.74, 6) is 0. The van der Waals surface area contributed by atoms with Crippen LogP contribution >= 0.6 is 11.3 Å². The minimum absolute atomic E-state index is 0.0217. The van der Waals surface area contributed by atoms with E-state index < -0.39 is 0 Å². The van der Waals surface area contributed by atoms with Crippen molar-refractivity contribution in [2.24, 2.45) is 0 Å². The zero-order valence-corrected chi connectivity index (χ0v) is 13.0. The molecule has 2 aromatic rings. The highest BCUT2D eigenvalue weighted by Crippen LogP contribution is 2.26. The summed E-state index contributed by atoms with van der Waals surface area (Å²) in [7, 11) is 0. The van der Waals surface area contributed by atoms with Crippen LogP contribution in [-0.4, -0.2) is 42.9 Å². The molecule has 0 fully saturated rings. The number of aliphatic hydroxyl groups excluding tert-OH is 1. The average molecular weight is 293 g/mol. The van der Waals surface area contributed by atoms with Crippen LogP contribution in [0.2, 0.25) is 0 Å². The van der Waals surface area contributed by atoms with E-state index in [0.29, 0.717) is 6.61 Å². The van der Waals surface area contributed by atoms with Crippen molar-refractivity contribution in [1.82, 2.24) is 4.90 Å². The van der Waals surface area contributed by atoms with Crippen molar-refractivity contribution in [3.05, 3.63) is 35.2 Å². The molecule has 3 nitrogen and oxygen atoms in total. The predicted molar refractivity (Wildman–Crippen MR) is 85.4 cm³/mol.